The van der Waals surface area contributed by atoms with Gasteiger partial charge in [-0.05, 0) is 0 Å². The average Bonchev–Trinajstić information content (AvgIpc) is 2.28. The van der Waals surface area contributed by atoms with Crippen LogP contribution < -0.4 is 12.3 Å². The van der Waals surface area contributed by atoms with Crippen molar-refractivity contribution in [2.45, 2.75) is 66.2 Å². The van der Waals surface area contributed by atoms with Crippen molar-refractivity contribution in [1.82, 2.24) is 12.3 Å². The van der Waals surface area contributed by atoms with Crippen LogP contribution in [0.15, 0.2) is 0 Å². The molecule has 0 heterocycles. The zero-order chi connectivity index (χ0) is 18.6. The molecular formula is C14H35N2NaO8. The van der Waals surface area contributed by atoms with Gasteiger partial charge in [0.15, 0.2) is 0 Å². The van der Waals surface area contributed by atoms with E-state index in [4.69, 9.17) is 39.6 Å². The van der Waals surface area contributed by atoms with E-state index in [-0.39, 0.29) is 41.9 Å². The maximum absolute atomic E-state index is 9.00. The standard InChI is InChI=1S/C6H12.4C2H4O2.2H3N.Na.H/c1-2-4-6-5-3-1;4*1-2(3)4;;;;/h1-6H2;4*1H3,(H,3,4);2*1H3;;. The first-order chi connectivity index (χ1) is 9.93. The molecule has 1 rings (SSSR count). The summed E-state index contributed by atoms with van der Waals surface area (Å²) in [5, 5.41) is 29.7. The van der Waals surface area contributed by atoms with Crippen molar-refractivity contribution in [2.75, 3.05) is 0 Å². The van der Waals surface area contributed by atoms with Gasteiger partial charge in [-0.25, -0.2) is 0 Å². The quantitative estimate of drug-likeness (QED) is 0.335. The molecule has 0 radical (unpaired) electrons. The molecular weight excluding hydrogens is 347 g/mol. The van der Waals surface area contributed by atoms with Crippen molar-refractivity contribution in [3.63, 3.8) is 0 Å². The zero-order valence-electron chi connectivity index (χ0n) is 15.1. The van der Waals surface area contributed by atoms with Gasteiger partial charge < -0.3 is 32.7 Å². The third kappa shape index (κ3) is 428. The van der Waals surface area contributed by atoms with Crippen molar-refractivity contribution in [1.29, 1.82) is 0 Å². The van der Waals surface area contributed by atoms with Crippen molar-refractivity contribution in [3.8, 4) is 0 Å². The molecule has 0 saturated heterocycles. The molecule has 0 unspecified atom stereocenters. The number of aliphatic carboxylic acids is 4. The molecule has 11 heteroatoms. The van der Waals surface area contributed by atoms with Crippen molar-refractivity contribution in [2.24, 2.45) is 0 Å². The Morgan fingerprint density at radius 1 is 0.480 bits per heavy atom. The summed E-state index contributed by atoms with van der Waals surface area (Å²) in [6, 6.07) is 0. The first-order valence-electron chi connectivity index (χ1n) is 6.71. The summed E-state index contributed by atoms with van der Waals surface area (Å²) in [5.41, 5.74) is 0. The van der Waals surface area contributed by atoms with E-state index in [1.54, 1.807) is 0 Å². The van der Waals surface area contributed by atoms with Crippen molar-refractivity contribution < 1.29 is 39.6 Å². The summed E-state index contributed by atoms with van der Waals surface area (Å²) in [6.45, 7) is 4.33. The molecule has 10 N–H and O–H groups in total. The van der Waals surface area contributed by atoms with Gasteiger partial charge in [0.1, 0.15) is 0 Å². The number of carboxylic acid groups (broad SMARTS) is 4. The van der Waals surface area contributed by atoms with E-state index in [0.717, 1.165) is 27.7 Å². The molecule has 10 nitrogen and oxygen atoms in total. The Kier molecular flexibility index (Phi) is 67.3. The Morgan fingerprint density at radius 3 is 0.560 bits per heavy atom. The Balaban J connectivity index is -0.0000000319. The predicted molar refractivity (Wildman–Crippen MR) is 98.1 cm³/mol. The zero-order valence-corrected chi connectivity index (χ0v) is 15.1. The van der Waals surface area contributed by atoms with Gasteiger partial charge in [0.25, 0.3) is 23.9 Å². The predicted octanol–water partition coefficient (Wildman–Crippen LogP) is 2.38. The second-order valence-corrected chi connectivity index (χ2v) is 4.20. The van der Waals surface area contributed by atoms with Crippen LogP contribution in [0.3, 0.4) is 0 Å². The van der Waals surface area contributed by atoms with Crippen molar-refractivity contribution >= 4 is 53.4 Å². The van der Waals surface area contributed by atoms with Crippen LogP contribution in [-0.2, 0) is 19.2 Å². The van der Waals surface area contributed by atoms with E-state index in [9.17, 15) is 0 Å². The Labute approximate surface area is 171 Å². The summed E-state index contributed by atoms with van der Waals surface area (Å²) in [7, 11) is 0. The van der Waals surface area contributed by atoms with E-state index < -0.39 is 23.9 Å². The van der Waals surface area contributed by atoms with Gasteiger partial charge in [0.2, 0.25) is 0 Å². The molecule has 1 fully saturated rings. The maximum atomic E-state index is 9.00. The molecule has 0 aliphatic heterocycles. The van der Waals surface area contributed by atoms with Gasteiger partial charge in [0, 0.05) is 27.7 Å². The van der Waals surface area contributed by atoms with Crippen LogP contribution >= 0.6 is 0 Å². The van der Waals surface area contributed by atoms with Crippen LogP contribution in [0.1, 0.15) is 66.2 Å². The molecule has 0 aromatic rings. The monoisotopic (exact) mass is 382 g/mol. The van der Waals surface area contributed by atoms with E-state index in [1.807, 2.05) is 0 Å². The topological polar surface area (TPSA) is 219 Å². The van der Waals surface area contributed by atoms with Crippen LogP contribution in [0.25, 0.3) is 0 Å². The molecule has 0 aromatic carbocycles. The van der Waals surface area contributed by atoms with Gasteiger partial charge in [-0.3, -0.25) is 19.2 Å². The second kappa shape index (κ2) is 38.4. The molecule has 0 atom stereocenters. The van der Waals surface area contributed by atoms with Gasteiger partial charge in [-0.1, -0.05) is 38.5 Å². The number of rotatable bonds is 0. The molecule has 150 valence electrons. The third-order valence-corrected chi connectivity index (χ3v) is 1.50. The Morgan fingerprint density at radius 2 is 0.520 bits per heavy atom. The first kappa shape index (κ1) is 43.8. The summed E-state index contributed by atoms with van der Waals surface area (Å²) >= 11 is 0. The van der Waals surface area contributed by atoms with E-state index in [1.165, 1.54) is 38.5 Å². The van der Waals surface area contributed by atoms with Crippen LogP contribution in [0.2, 0.25) is 0 Å². The van der Waals surface area contributed by atoms with E-state index in [0.29, 0.717) is 0 Å². The molecule has 0 spiro atoms. The first-order valence-corrected chi connectivity index (χ1v) is 6.71. The van der Waals surface area contributed by atoms with Crippen LogP contribution in [0.4, 0.5) is 0 Å². The Hall–Kier alpha value is -1.20. The van der Waals surface area contributed by atoms with Crippen molar-refractivity contribution in [3.05, 3.63) is 0 Å². The second-order valence-electron chi connectivity index (χ2n) is 4.20. The third-order valence-electron chi connectivity index (χ3n) is 1.50. The molecule has 1 aliphatic carbocycles. The molecule has 1 aliphatic rings. The summed E-state index contributed by atoms with van der Waals surface area (Å²) in [5.74, 6) is -3.33. The van der Waals surface area contributed by atoms with Crippen LogP contribution in [0, 0.1) is 0 Å². The molecule has 1 saturated carbocycles. The number of hydrogen-bond acceptors (Lipinski definition) is 6. The molecule has 0 bridgehead atoms. The van der Waals surface area contributed by atoms with Gasteiger partial charge in [0.05, 0.1) is 0 Å². The Bertz CT molecular complexity index is 236. The molecule has 0 aromatic heterocycles. The fourth-order valence-electron chi connectivity index (χ4n) is 1.06. The SMILES string of the molecule is C1CCCCC1.CC(=O)O.CC(=O)O.CC(=O)O.CC(=O)O.N.N.[NaH]. The van der Waals surface area contributed by atoms with Gasteiger partial charge >= 0.3 is 29.6 Å². The number of carboxylic acids is 4. The summed E-state index contributed by atoms with van der Waals surface area (Å²) in [4.78, 5) is 36.0. The average molecular weight is 382 g/mol. The molecule has 25 heavy (non-hydrogen) atoms. The van der Waals surface area contributed by atoms with Crippen LogP contribution in [0.5, 0.6) is 0 Å². The van der Waals surface area contributed by atoms with E-state index >= 15 is 0 Å². The normalized spacial score (nSPS) is 9.76. The molecule has 0 amide bonds. The summed E-state index contributed by atoms with van der Waals surface area (Å²) < 4.78 is 0. The van der Waals surface area contributed by atoms with Gasteiger partial charge in [-0.2, -0.15) is 0 Å². The fraction of sp³-hybridized carbons (Fsp3) is 0.714. The summed E-state index contributed by atoms with van der Waals surface area (Å²) in [6.07, 6.45) is 9.00. The van der Waals surface area contributed by atoms with E-state index in [2.05, 4.69) is 0 Å². The number of hydrogen-bond donors (Lipinski definition) is 6. The van der Waals surface area contributed by atoms with Gasteiger partial charge in [-0.15, -0.1) is 0 Å². The van der Waals surface area contributed by atoms with Crippen LogP contribution in [-0.4, -0.2) is 73.9 Å². The fourth-order valence-corrected chi connectivity index (χ4v) is 1.06. The minimum atomic E-state index is -0.833. The number of carbonyl (C=O) groups is 4. The minimum absolute atomic E-state index is 0.